The summed E-state index contributed by atoms with van der Waals surface area (Å²) in [6.07, 6.45) is 21.8. The normalized spacial score (nSPS) is 14.7. The Balaban J connectivity index is -0.000000301. The largest absolute Gasteiger partial charge is 2.00 e. The third-order valence-corrected chi connectivity index (χ3v) is 12.4. The van der Waals surface area contributed by atoms with Crippen LogP contribution in [0.25, 0.3) is 11.5 Å². The Morgan fingerprint density at radius 1 is 0.517 bits per heavy atom. The van der Waals surface area contributed by atoms with Gasteiger partial charge in [-0.15, -0.1) is 13.8 Å². The Morgan fingerprint density at radius 3 is 0.966 bits per heavy atom. The predicted molar refractivity (Wildman–Crippen MR) is 253 cm³/mol. The van der Waals surface area contributed by atoms with Crippen molar-refractivity contribution in [1.29, 1.82) is 0 Å². The molecule has 2 aromatic rings. The first-order valence-electron chi connectivity index (χ1n) is 21.4. The van der Waals surface area contributed by atoms with E-state index in [1.54, 1.807) is 0 Å². The first-order valence-corrected chi connectivity index (χ1v) is 24.9. The Bertz CT molecular complexity index is 1360. The summed E-state index contributed by atoms with van der Waals surface area (Å²) in [5.41, 5.74) is 21.8. The van der Waals surface area contributed by atoms with Crippen LogP contribution in [0, 0.1) is 24.0 Å². The van der Waals surface area contributed by atoms with Crippen LogP contribution in [0.2, 0.25) is 13.1 Å². The van der Waals surface area contributed by atoms with E-state index in [4.69, 9.17) is 11.5 Å². The van der Waals surface area contributed by atoms with E-state index in [1.807, 2.05) is 0 Å². The van der Waals surface area contributed by atoms with Gasteiger partial charge in [0.2, 0.25) is 0 Å². The zero-order valence-corrected chi connectivity index (χ0v) is 44.2. The van der Waals surface area contributed by atoms with Gasteiger partial charge in [-0.05, 0) is 25.7 Å². The van der Waals surface area contributed by atoms with E-state index in [9.17, 15) is 9.59 Å². The number of carbonyl (C=O) groups excluding carboxylic acids is 2. The second-order valence-electron chi connectivity index (χ2n) is 14.9. The van der Waals surface area contributed by atoms with Gasteiger partial charge >= 0.3 is 43.4 Å². The molecular weight excluding hydrogens is 812 g/mol. The first-order chi connectivity index (χ1) is 26.7. The quantitative estimate of drug-likeness (QED) is 0.0955. The average Bonchev–Trinajstić information content (AvgIpc) is 3.56. The van der Waals surface area contributed by atoms with Gasteiger partial charge in [-0.1, -0.05) is 216 Å². The summed E-state index contributed by atoms with van der Waals surface area (Å²) in [6, 6.07) is 21.2. The Kier molecular flexibility index (Phi) is 45.4. The van der Waals surface area contributed by atoms with E-state index in [1.165, 1.54) is 95.2 Å². The first kappa shape index (κ1) is 62.8. The second-order valence-corrected chi connectivity index (χ2v) is 17.4. The van der Waals surface area contributed by atoms with Gasteiger partial charge in [0.05, 0.1) is 19.0 Å². The molecule has 4 nitrogen and oxygen atoms in total. The minimum absolute atomic E-state index is 0. The molecule has 0 saturated carbocycles. The van der Waals surface area contributed by atoms with Crippen molar-refractivity contribution < 1.29 is 53.0 Å². The van der Waals surface area contributed by atoms with Crippen LogP contribution < -0.4 is 10.4 Å². The SMILES string of the molecule is CC1=[C-]C(C)C(C)=C1C.CC1=[C-]C(C)C(C)=C1C.CCCCCCCC([NH-])=O.CCCCCCCCCC([NH-])=O.C[SiH]c1ccccc1.C[SiH]c1ccccc1.[Ti+2].[Ti+2]. The van der Waals surface area contributed by atoms with Crippen molar-refractivity contribution in [3.05, 3.63) is 118 Å². The van der Waals surface area contributed by atoms with Gasteiger partial charge in [0, 0.05) is 11.8 Å². The minimum Gasteiger partial charge on any atom is -0.668 e. The van der Waals surface area contributed by atoms with Crippen LogP contribution in [0.5, 0.6) is 0 Å². The Labute approximate surface area is 393 Å². The molecule has 0 aromatic heterocycles. The standard InChI is InChI=1S/C10H21NO.2C9H13.C8H17NO.2C7H9Si.2Ti/c1-2-3-4-5-6-7-8-9-10(11)12;2*1-6-5-7(2)9(4)8(6)3;1-2-3-4-5-6-7-8(9)10;2*1-8-7-5-3-2-4-6-7;;/h2-9H2,1H3,(H2,11,12);2*6H,1-4H3;2-7H2,1H3,(H2,9,10);2*2-6,8H,1H3;;/q;2*-1;;;;2*+2/p-2. The number of allylic oxidation sites excluding steroid dienone is 8. The van der Waals surface area contributed by atoms with Crippen LogP contribution >= 0.6 is 0 Å². The third-order valence-electron chi connectivity index (χ3n) is 10.3. The molecule has 2 amide bonds. The fourth-order valence-corrected chi connectivity index (χ4v) is 6.96. The van der Waals surface area contributed by atoms with Crippen LogP contribution in [0.3, 0.4) is 0 Å². The number of hydrogen-bond donors (Lipinski definition) is 0. The molecule has 2 radical (unpaired) electrons. The number of carbonyl (C=O) groups is 2. The monoisotopic (exact) mass is 892 g/mol. The zero-order chi connectivity index (χ0) is 42.7. The molecule has 0 bridgehead atoms. The molecule has 0 spiro atoms. The van der Waals surface area contributed by atoms with Gasteiger partial charge < -0.3 is 21.1 Å². The molecule has 0 saturated heterocycles. The molecule has 4 rings (SSSR count). The van der Waals surface area contributed by atoms with Crippen molar-refractivity contribution in [3.63, 3.8) is 0 Å². The maximum atomic E-state index is 10.2. The van der Waals surface area contributed by atoms with Crippen molar-refractivity contribution in [2.24, 2.45) is 11.8 Å². The third kappa shape index (κ3) is 35.0. The summed E-state index contributed by atoms with van der Waals surface area (Å²) < 4.78 is 0. The number of hydrogen-bond acceptors (Lipinski definition) is 2. The number of rotatable bonds is 16. The van der Waals surface area contributed by atoms with Gasteiger partial charge in [0.25, 0.3) is 0 Å². The average molecular weight is 893 g/mol. The van der Waals surface area contributed by atoms with Gasteiger partial charge in [-0.25, -0.2) is 11.1 Å². The molecule has 58 heavy (non-hydrogen) atoms. The van der Waals surface area contributed by atoms with Crippen LogP contribution in [0.4, 0.5) is 0 Å². The molecule has 2 unspecified atom stereocenters. The molecule has 318 valence electrons. The molecular formula is C50H80N2O2Si2Ti2. The molecule has 2 atom stereocenters. The summed E-state index contributed by atoms with van der Waals surface area (Å²) in [5.74, 6) is 0.287. The van der Waals surface area contributed by atoms with Crippen LogP contribution in [-0.4, -0.2) is 30.9 Å². The van der Waals surface area contributed by atoms with Crippen molar-refractivity contribution in [1.82, 2.24) is 0 Å². The summed E-state index contributed by atoms with van der Waals surface area (Å²) in [4.78, 5) is 20.4. The fourth-order valence-electron chi connectivity index (χ4n) is 5.75. The topological polar surface area (TPSA) is 81.7 Å². The van der Waals surface area contributed by atoms with Crippen LogP contribution in [-0.2, 0) is 53.0 Å². The molecule has 0 aliphatic heterocycles. The van der Waals surface area contributed by atoms with Crippen molar-refractivity contribution in [2.45, 2.75) is 172 Å². The predicted octanol–water partition coefficient (Wildman–Crippen LogP) is 13.7. The smallest absolute Gasteiger partial charge is 0.668 e. The van der Waals surface area contributed by atoms with E-state index in [0.29, 0.717) is 43.7 Å². The zero-order valence-electron chi connectivity index (χ0n) is 38.8. The summed E-state index contributed by atoms with van der Waals surface area (Å²) in [6.45, 7) is 26.2. The van der Waals surface area contributed by atoms with Crippen LogP contribution in [0.15, 0.2) is 94.1 Å². The van der Waals surface area contributed by atoms with E-state index in [-0.39, 0.29) is 43.4 Å². The van der Waals surface area contributed by atoms with Crippen LogP contribution in [0.1, 0.15) is 159 Å². The maximum absolute atomic E-state index is 10.2. The number of unbranched alkanes of at least 4 members (excludes halogenated alkanes) is 10. The number of amides is 2. The second kappa shape index (κ2) is 41.9. The number of benzene rings is 2. The summed E-state index contributed by atoms with van der Waals surface area (Å²) >= 11 is 0. The van der Waals surface area contributed by atoms with Crippen molar-refractivity contribution in [3.8, 4) is 0 Å². The van der Waals surface area contributed by atoms with Crippen molar-refractivity contribution >= 4 is 41.2 Å². The van der Waals surface area contributed by atoms with E-state index >= 15 is 0 Å². The summed E-state index contributed by atoms with van der Waals surface area (Å²) in [7, 11) is 1.02. The summed E-state index contributed by atoms with van der Waals surface area (Å²) in [5, 5.41) is 2.99. The minimum atomic E-state index is -0.420. The Hall–Kier alpha value is -1.80. The van der Waals surface area contributed by atoms with E-state index in [2.05, 4.69) is 155 Å². The molecule has 2 aromatic carbocycles. The fraction of sp³-hybridized carbons (Fsp3) is 0.560. The van der Waals surface area contributed by atoms with E-state index < -0.39 is 11.8 Å². The van der Waals surface area contributed by atoms with Gasteiger partial charge in [0.15, 0.2) is 0 Å². The van der Waals surface area contributed by atoms with Crippen molar-refractivity contribution in [2.75, 3.05) is 0 Å². The maximum Gasteiger partial charge on any atom is 2.00 e. The van der Waals surface area contributed by atoms with E-state index in [0.717, 1.165) is 25.7 Å². The van der Waals surface area contributed by atoms with Gasteiger partial charge in [-0.3, -0.25) is 12.2 Å². The molecule has 2 N–H and O–H groups in total. The molecule has 8 heteroatoms. The number of nitrogens with one attached hydrogen (secondary N) is 2. The molecule has 2 aliphatic carbocycles. The molecule has 0 fully saturated rings. The van der Waals surface area contributed by atoms with Gasteiger partial charge in [-0.2, -0.15) is 22.3 Å². The molecule has 0 heterocycles. The Morgan fingerprint density at radius 2 is 0.793 bits per heavy atom. The molecule has 2 aliphatic rings. The van der Waals surface area contributed by atoms with Gasteiger partial charge in [0.1, 0.15) is 0 Å².